The molecule has 0 saturated heterocycles. The maximum Gasteiger partial charge on any atom is 0.124 e. The minimum absolute atomic E-state index is 0.0580. The van der Waals surface area contributed by atoms with Gasteiger partial charge in [-0.15, -0.1) is 0 Å². The molecule has 19 heavy (non-hydrogen) atoms. The van der Waals surface area contributed by atoms with Gasteiger partial charge in [0.15, 0.2) is 0 Å². The smallest absolute Gasteiger partial charge is 0.124 e. The van der Waals surface area contributed by atoms with Crippen LogP contribution in [0.15, 0.2) is 18.2 Å². The molecule has 1 aromatic rings. The molecule has 2 N–H and O–H groups in total. The summed E-state index contributed by atoms with van der Waals surface area (Å²) in [6.45, 7) is 4.22. The van der Waals surface area contributed by atoms with E-state index in [0.717, 1.165) is 22.8 Å². The zero-order valence-electron chi connectivity index (χ0n) is 11.9. The normalized spacial score (nSPS) is 25.1. The van der Waals surface area contributed by atoms with Crippen molar-refractivity contribution in [2.24, 2.45) is 11.7 Å². The fourth-order valence-electron chi connectivity index (χ4n) is 2.94. The van der Waals surface area contributed by atoms with Gasteiger partial charge >= 0.3 is 0 Å². The number of halogens is 1. The fourth-order valence-corrected chi connectivity index (χ4v) is 3.12. The van der Waals surface area contributed by atoms with E-state index >= 15 is 0 Å². The van der Waals surface area contributed by atoms with E-state index in [0.29, 0.717) is 12.0 Å². The minimum atomic E-state index is -0.0580. The van der Waals surface area contributed by atoms with E-state index in [1.165, 1.54) is 25.7 Å². The van der Waals surface area contributed by atoms with Crippen LogP contribution in [0, 0.1) is 5.92 Å². The van der Waals surface area contributed by atoms with Crippen molar-refractivity contribution in [3.63, 3.8) is 0 Å². The van der Waals surface area contributed by atoms with Gasteiger partial charge in [-0.1, -0.05) is 24.9 Å². The number of rotatable bonds is 4. The summed E-state index contributed by atoms with van der Waals surface area (Å²) in [6.07, 6.45) is 6.55. The second kappa shape index (κ2) is 6.62. The monoisotopic (exact) mass is 281 g/mol. The average molecular weight is 282 g/mol. The Morgan fingerprint density at radius 1 is 1.37 bits per heavy atom. The summed E-state index contributed by atoms with van der Waals surface area (Å²) in [5.41, 5.74) is 7.02. The third-order valence-electron chi connectivity index (χ3n) is 4.10. The van der Waals surface area contributed by atoms with Gasteiger partial charge in [-0.2, -0.15) is 0 Å². The summed E-state index contributed by atoms with van der Waals surface area (Å²) in [5.74, 6) is 1.58. The number of ether oxygens (including phenoxy) is 1. The molecule has 0 bridgehead atoms. The molecule has 0 amide bonds. The molecule has 106 valence electrons. The van der Waals surface area contributed by atoms with Crippen molar-refractivity contribution in [1.82, 2.24) is 0 Å². The van der Waals surface area contributed by atoms with E-state index < -0.39 is 0 Å². The summed E-state index contributed by atoms with van der Waals surface area (Å²) >= 11 is 6.05. The molecule has 0 aromatic heterocycles. The van der Waals surface area contributed by atoms with Crippen LogP contribution in [0.3, 0.4) is 0 Å². The summed E-state index contributed by atoms with van der Waals surface area (Å²) in [7, 11) is 0. The molecule has 1 aliphatic carbocycles. The van der Waals surface area contributed by atoms with Gasteiger partial charge in [0.1, 0.15) is 11.9 Å². The lowest BCUT2D eigenvalue weighted by Crippen LogP contribution is -2.30. The van der Waals surface area contributed by atoms with Crippen molar-refractivity contribution in [1.29, 1.82) is 0 Å². The van der Waals surface area contributed by atoms with Gasteiger partial charge in [0.05, 0.1) is 0 Å². The highest BCUT2D eigenvalue weighted by molar-refractivity contribution is 6.30. The lowest BCUT2D eigenvalue weighted by atomic mass is 9.84. The van der Waals surface area contributed by atoms with Crippen molar-refractivity contribution < 1.29 is 4.74 Å². The van der Waals surface area contributed by atoms with Gasteiger partial charge < -0.3 is 10.5 Å². The highest BCUT2D eigenvalue weighted by Gasteiger charge is 2.26. The van der Waals surface area contributed by atoms with Gasteiger partial charge in [-0.3, -0.25) is 0 Å². The fraction of sp³-hybridized carbons (Fsp3) is 0.625. The second-order valence-electron chi connectivity index (χ2n) is 5.58. The Morgan fingerprint density at radius 2 is 2.11 bits per heavy atom. The first-order valence-electron chi connectivity index (χ1n) is 7.33. The van der Waals surface area contributed by atoms with Crippen LogP contribution in [0.1, 0.15) is 57.6 Å². The number of benzene rings is 1. The Hall–Kier alpha value is -0.730. The van der Waals surface area contributed by atoms with Crippen LogP contribution in [-0.2, 0) is 0 Å². The predicted octanol–water partition coefficient (Wildman–Crippen LogP) is 4.71. The lowest BCUT2D eigenvalue weighted by Gasteiger charge is -2.32. The summed E-state index contributed by atoms with van der Waals surface area (Å²) < 4.78 is 6.27. The van der Waals surface area contributed by atoms with Crippen molar-refractivity contribution in [2.45, 2.75) is 58.1 Å². The zero-order chi connectivity index (χ0) is 13.8. The Kier molecular flexibility index (Phi) is 5.12. The average Bonchev–Trinajstić information content (AvgIpc) is 2.41. The maximum absolute atomic E-state index is 6.27. The predicted molar refractivity (Wildman–Crippen MR) is 80.7 cm³/mol. The molecule has 2 rings (SSSR count). The minimum Gasteiger partial charge on any atom is -0.490 e. The third kappa shape index (κ3) is 3.64. The third-order valence-corrected chi connectivity index (χ3v) is 4.34. The first-order valence-corrected chi connectivity index (χ1v) is 7.71. The molecule has 1 saturated carbocycles. The molecule has 3 heteroatoms. The molecule has 0 aliphatic heterocycles. The quantitative estimate of drug-likeness (QED) is 0.868. The van der Waals surface area contributed by atoms with E-state index in [4.69, 9.17) is 22.1 Å². The Labute approximate surface area is 121 Å². The van der Waals surface area contributed by atoms with Crippen molar-refractivity contribution in [3.05, 3.63) is 28.8 Å². The molecule has 2 nitrogen and oxygen atoms in total. The molecule has 3 atom stereocenters. The molecule has 1 aliphatic rings. The molecular weight excluding hydrogens is 258 g/mol. The number of hydrogen-bond donors (Lipinski definition) is 1. The van der Waals surface area contributed by atoms with Crippen LogP contribution >= 0.6 is 11.6 Å². The summed E-state index contributed by atoms with van der Waals surface area (Å²) in [4.78, 5) is 0. The van der Waals surface area contributed by atoms with Crippen molar-refractivity contribution >= 4 is 11.6 Å². The Balaban J connectivity index is 2.17. The lowest BCUT2D eigenvalue weighted by molar-refractivity contribution is 0.0891. The van der Waals surface area contributed by atoms with Gasteiger partial charge in [-0.05, 0) is 56.7 Å². The molecule has 0 spiro atoms. The summed E-state index contributed by atoms with van der Waals surface area (Å²) in [6, 6.07) is 5.71. The molecule has 0 radical (unpaired) electrons. The van der Waals surface area contributed by atoms with E-state index in [2.05, 4.69) is 6.92 Å². The van der Waals surface area contributed by atoms with E-state index in [-0.39, 0.29) is 6.04 Å². The molecule has 3 unspecified atom stereocenters. The SMILES string of the molecule is CCC1CCCCC1Oc1ccc(Cl)cc1C(C)N. The molecular formula is C16H24ClNO. The Bertz CT molecular complexity index is 419. The highest BCUT2D eigenvalue weighted by Crippen LogP contribution is 2.34. The summed E-state index contributed by atoms with van der Waals surface area (Å²) in [5, 5.41) is 0.718. The van der Waals surface area contributed by atoms with Crippen LogP contribution in [0.25, 0.3) is 0 Å². The first-order chi connectivity index (χ1) is 9.11. The van der Waals surface area contributed by atoms with Gasteiger partial charge in [0.2, 0.25) is 0 Å². The van der Waals surface area contributed by atoms with Gasteiger partial charge in [0, 0.05) is 16.6 Å². The number of nitrogens with two attached hydrogens (primary N) is 1. The number of hydrogen-bond acceptors (Lipinski definition) is 2. The van der Waals surface area contributed by atoms with Crippen molar-refractivity contribution in [2.75, 3.05) is 0 Å². The van der Waals surface area contributed by atoms with Crippen LogP contribution in [-0.4, -0.2) is 6.10 Å². The first kappa shape index (κ1) is 14.7. The topological polar surface area (TPSA) is 35.2 Å². The van der Waals surface area contributed by atoms with E-state index in [1.54, 1.807) is 0 Å². The van der Waals surface area contributed by atoms with E-state index in [9.17, 15) is 0 Å². The largest absolute Gasteiger partial charge is 0.490 e. The maximum atomic E-state index is 6.27. The molecule has 1 fully saturated rings. The van der Waals surface area contributed by atoms with Gasteiger partial charge in [0.25, 0.3) is 0 Å². The zero-order valence-corrected chi connectivity index (χ0v) is 12.6. The van der Waals surface area contributed by atoms with E-state index in [1.807, 2.05) is 25.1 Å². The van der Waals surface area contributed by atoms with Crippen LogP contribution in [0.2, 0.25) is 5.02 Å². The Morgan fingerprint density at radius 3 is 2.79 bits per heavy atom. The standard InChI is InChI=1S/C16H24ClNO/c1-3-12-6-4-5-7-15(12)19-16-9-8-13(17)10-14(16)11(2)18/h8-12,15H,3-7,18H2,1-2H3. The van der Waals surface area contributed by atoms with Crippen molar-refractivity contribution in [3.8, 4) is 5.75 Å². The van der Waals surface area contributed by atoms with Crippen LogP contribution < -0.4 is 10.5 Å². The molecule has 1 aromatic carbocycles. The highest BCUT2D eigenvalue weighted by atomic mass is 35.5. The van der Waals surface area contributed by atoms with Crippen LogP contribution in [0.5, 0.6) is 5.75 Å². The van der Waals surface area contributed by atoms with Crippen LogP contribution in [0.4, 0.5) is 0 Å². The molecule has 0 heterocycles. The second-order valence-corrected chi connectivity index (χ2v) is 6.02. The van der Waals surface area contributed by atoms with Gasteiger partial charge in [-0.25, -0.2) is 0 Å².